The van der Waals surface area contributed by atoms with E-state index < -0.39 is 5.97 Å². The second-order valence-corrected chi connectivity index (χ2v) is 5.41. The highest BCUT2D eigenvalue weighted by Gasteiger charge is 2.14. The van der Waals surface area contributed by atoms with Crippen LogP contribution in [0.2, 0.25) is 0 Å². The van der Waals surface area contributed by atoms with E-state index in [1.54, 1.807) is 14.5 Å². The standard InChI is InChI=1S/C14H13N3O3S/c1-2-16-10-5-3-4-6-11(10)17(14(16)20)7-9-8-21-12(15-9)13(18)19/h3-6,8H,2,7H2,1H3,(H,18,19). The number of aromatic carboxylic acids is 1. The maximum atomic E-state index is 12.4. The van der Waals surface area contributed by atoms with Crippen LogP contribution in [0.25, 0.3) is 11.0 Å². The van der Waals surface area contributed by atoms with Gasteiger partial charge >= 0.3 is 11.7 Å². The molecule has 108 valence electrons. The molecule has 0 bridgehead atoms. The van der Waals surface area contributed by atoms with Gasteiger partial charge in [0, 0.05) is 11.9 Å². The van der Waals surface area contributed by atoms with Crippen LogP contribution >= 0.6 is 11.3 Å². The van der Waals surface area contributed by atoms with Crippen LogP contribution < -0.4 is 5.69 Å². The molecule has 0 amide bonds. The van der Waals surface area contributed by atoms with Gasteiger partial charge in [-0.05, 0) is 19.1 Å². The van der Waals surface area contributed by atoms with Gasteiger partial charge < -0.3 is 5.11 Å². The minimum absolute atomic E-state index is 0.0391. The molecule has 1 N–H and O–H groups in total. The van der Waals surface area contributed by atoms with Crippen LogP contribution in [-0.2, 0) is 13.1 Å². The molecular formula is C14H13N3O3S. The zero-order valence-electron chi connectivity index (χ0n) is 11.3. The first-order valence-corrected chi connectivity index (χ1v) is 7.35. The summed E-state index contributed by atoms with van der Waals surface area (Å²) in [6, 6.07) is 7.56. The Morgan fingerprint density at radius 1 is 1.29 bits per heavy atom. The van der Waals surface area contributed by atoms with Crippen LogP contribution in [0.1, 0.15) is 22.4 Å². The van der Waals surface area contributed by atoms with E-state index in [2.05, 4.69) is 4.98 Å². The Kier molecular flexibility index (Phi) is 3.34. The molecule has 0 spiro atoms. The topological polar surface area (TPSA) is 77.1 Å². The fraction of sp³-hybridized carbons (Fsp3) is 0.214. The Hall–Kier alpha value is -2.41. The predicted octanol–water partition coefficient (Wildman–Crippen LogP) is 2.03. The summed E-state index contributed by atoms with van der Waals surface area (Å²) in [4.78, 5) is 27.4. The molecule has 1 aromatic carbocycles. The molecule has 0 atom stereocenters. The summed E-state index contributed by atoms with van der Waals surface area (Å²) >= 11 is 1.07. The first-order chi connectivity index (χ1) is 10.1. The molecule has 0 radical (unpaired) electrons. The molecule has 0 aliphatic carbocycles. The summed E-state index contributed by atoms with van der Waals surface area (Å²) in [5.41, 5.74) is 2.18. The summed E-state index contributed by atoms with van der Waals surface area (Å²) in [7, 11) is 0. The van der Waals surface area contributed by atoms with Crippen molar-refractivity contribution < 1.29 is 9.90 Å². The minimum atomic E-state index is -1.05. The molecule has 0 saturated heterocycles. The van der Waals surface area contributed by atoms with E-state index in [1.165, 1.54) is 0 Å². The first kappa shape index (κ1) is 13.6. The molecule has 7 heteroatoms. The number of carboxylic acid groups (broad SMARTS) is 1. The predicted molar refractivity (Wildman–Crippen MR) is 80.0 cm³/mol. The van der Waals surface area contributed by atoms with E-state index in [4.69, 9.17) is 5.11 Å². The zero-order chi connectivity index (χ0) is 15.0. The Balaban J connectivity index is 2.09. The van der Waals surface area contributed by atoms with E-state index in [0.29, 0.717) is 12.2 Å². The van der Waals surface area contributed by atoms with Crippen LogP contribution in [-0.4, -0.2) is 25.2 Å². The quantitative estimate of drug-likeness (QED) is 0.800. The fourth-order valence-corrected chi connectivity index (χ4v) is 3.02. The largest absolute Gasteiger partial charge is 0.476 e. The number of aromatic nitrogens is 3. The number of nitrogens with zero attached hydrogens (tertiary/aromatic N) is 3. The number of rotatable bonds is 4. The second-order valence-electron chi connectivity index (χ2n) is 4.55. The lowest BCUT2D eigenvalue weighted by molar-refractivity contribution is 0.0696. The Bertz CT molecular complexity index is 875. The SMILES string of the molecule is CCn1c(=O)n(Cc2csc(C(=O)O)n2)c2ccccc21. The van der Waals surface area contributed by atoms with E-state index in [-0.39, 0.29) is 17.2 Å². The van der Waals surface area contributed by atoms with Gasteiger partial charge in [0.05, 0.1) is 23.3 Å². The van der Waals surface area contributed by atoms with Crippen molar-refractivity contribution in [1.82, 2.24) is 14.1 Å². The summed E-state index contributed by atoms with van der Waals surface area (Å²) in [6.07, 6.45) is 0. The monoisotopic (exact) mass is 303 g/mol. The van der Waals surface area contributed by atoms with Gasteiger partial charge in [-0.2, -0.15) is 0 Å². The van der Waals surface area contributed by atoms with E-state index in [9.17, 15) is 9.59 Å². The van der Waals surface area contributed by atoms with Gasteiger partial charge in [0.25, 0.3) is 0 Å². The maximum Gasteiger partial charge on any atom is 0.365 e. The van der Waals surface area contributed by atoms with Crippen LogP contribution in [0.15, 0.2) is 34.4 Å². The van der Waals surface area contributed by atoms with Crippen molar-refractivity contribution in [3.05, 3.63) is 50.8 Å². The number of imidazole rings is 1. The number of fused-ring (bicyclic) bond motifs is 1. The number of thiazole rings is 1. The Labute approximate surface area is 123 Å². The smallest absolute Gasteiger partial charge is 0.365 e. The molecule has 2 heterocycles. The molecule has 2 aromatic heterocycles. The molecule has 21 heavy (non-hydrogen) atoms. The number of benzene rings is 1. The van der Waals surface area contributed by atoms with Gasteiger partial charge in [-0.3, -0.25) is 9.13 Å². The van der Waals surface area contributed by atoms with Gasteiger partial charge in [-0.1, -0.05) is 12.1 Å². The van der Waals surface area contributed by atoms with Crippen molar-refractivity contribution in [3.8, 4) is 0 Å². The minimum Gasteiger partial charge on any atom is -0.476 e. The van der Waals surface area contributed by atoms with Crippen molar-refractivity contribution in [1.29, 1.82) is 0 Å². The number of hydrogen-bond acceptors (Lipinski definition) is 4. The third kappa shape index (κ3) is 2.25. The number of carbonyl (C=O) groups is 1. The third-order valence-electron chi connectivity index (χ3n) is 3.30. The average molecular weight is 303 g/mol. The van der Waals surface area contributed by atoms with E-state index in [1.807, 2.05) is 31.2 Å². The average Bonchev–Trinajstić information content (AvgIpc) is 3.04. The van der Waals surface area contributed by atoms with Gasteiger partial charge in [0.1, 0.15) is 0 Å². The number of aryl methyl sites for hydroxylation is 1. The van der Waals surface area contributed by atoms with Gasteiger partial charge in [0.2, 0.25) is 5.01 Å². The normalized spacial score (nSPS) is 11.1. The lowest BCUT2D eigenvalue weighted by atomic mass is 10.3. The maximum absolute atomic E-state index is 12.4. The summed E-state index contributed by atoms with van der Waals surface area (Å²) in [6.45, 7) is 2.78. The molecule has 0 unspecified atom stereocenters. The van der Waals surface area contributed by atoms with Gasteiger partial charge in [-0.15, -0.1) is 11.3 Å². The number of para-hydroxylation sites is 2. The van der Waals surface area contributed by atoms with Gasteiger partial charge in [-0.25, -0.2) is 14.6 Å². The molecule has 0 saturated carbocycles. The second kappa shape index (κ2) is 5.17. The highest BCUT2D eigenvalue weighted by Crippen LogP contribution is 2.16. The third-order valence-corrected chi connectivity index (χ3v) is 4.18. The molecule has 0 aliphatic heterocycles. The first-order valence-electron chi connectivity index (χ1n) is 6.47. The molecule has 0 fully saturated rings. The summed E-state index contributed by atoms with van der Waals surface area (Å²) < 4.78 is 3.32. The molecule has 3 rings (SSSR count). The van der Waals surface area contributed by atoms with Crippen molar-refractivity contribution in [2.75, 3.05) is 0 Å². The zero-order valence-corrected chi connectivity index (χ0v) is 12.1. The lowest BCUT2D eigenvalue weighted by Gasteiger charge is -1.99. The number of carboxylic acids is 1. The van der Waals surface area contributed by atoms with Crippen molar-refractivity contribution in [3.63, 3.8) is 0 Å². The molecule has 6 nitrogen and oxygen atoms in total. The van der Waals surface area contributed by atoms with Crippen molar-refractivity contribution >= 4 is 28.3 Å². The fourth-order valence-electron chi connectivity index (χ4n) is 2.37. The Morgan fingerprint density at radius 3 is 2.52 bits per heavy atom. The van der Waals surface area contributed by atoms with Gasteiger partial charge in [0.15, 0.2) is 0 Å². The summed E-state index contributed by atoms with van der Waals surface area (Å²) in [5.74, 6) is -1.05. The van der Waals surface area contributed by atoms with Crippen LogP contribution in [0.4, 0.5) is 0 Å². The van der Waals surface area contributed by atoms with Crippen LogP contribution in [0.5, 0.6) is 0 Å². The van der Waals surface area contributed by atoms with Crippen LogP contribution in [0, 0.1) is 0 Å². The highest BCUT2D eigenvalue weighted by atomic mass is 32.1. The van der Waals surface area contributed by atoms with Crippen molar-refractivity contribution in [2.24, 2.45) is 0 Å². The highest BCUT2D eigenvalue weighted by molar-refractivity contribution is 7.11. The van der Waals surface area contributed by atoms with E-state index in [0.717, 1.165) is 22.4 Å². The number of hydrogen-bond donors (Lipinski definition) is 1. The van der Waals surface area contributed by atoms with Crippen LogP contribution in [0.3, 0.4) is 0 Å². The van der Waals surface area contributed by atoms with E-state index >= 15 is 0 Å². The molecule has 0 aliphatic rings. The van der Waals surface area contributed by atoms with Crippen molar-refractivity contribution in [2.45, 2.75) is 20.0 Å². The Morgan fingerprint density at radius 2 is 1.95 bits per heavy atom. The lowest BCUT2D eigenvalue weighted by Crippen LogP contribution is -2.24. The molecular weight excluding hydrogens is 290 g/mol. The summed E-state index contributed by atoms with van der Waals surface area (Å²) in [5, 5.41) is 10.6. The molecule has 3 aromatic rings.